The number of anilines is 2. The molecule has 2 rings (SSSR count). The van der Waals surface area contributed by atoms with E-state index in [1.54, 1.807) is 24.3 Å². The maximum atomic E-state index is 13.7. The molecule has 0 saturated carbocycles. The van der Waals surface area contributed by atoms with Crippen molar-refractivity contribution in [1.29, 1.82) is 0 Å². The molecule has 0 saturated heterocycles. The molecule has 0 unspecified atom stereocenters. The molecule has 2 aromatic rings. The van der Waals surface area contributed by atoms with Gasteiger partial charge in [-0.3, -0.25) is 4.79 Å². The first-order chi connectivity index (χ1) is 9.97. The van der Waals surface area contributed by atoms with Crippen molar-refractivity contribution in [3.05, 3.63) is 58.1 Å². The molecule has 0 aliphatic rings. The Hall–Kier alpha value is -1.95. The van der Waals surface area contributed by atoms with Gasteiger partial charge in [0.05, 0.1) is 6.54 Å². The zero-order valence-corrected chi connectivity index (χ0v) is 12.8. The zero-order valence-electron chi connectivity index (χ0n) is 11.2. The Balaban J connectivity index is 1.98. The highest BCUT2D eigenvalue weighted by Gasteiger charge is 2.12. The first-order valence-corrected chi connectivity index (χ1v) is 7.00. The first kappa shape index (κ1) is 15.4. The van der Waals surface area contributed by atoms with Gasteiger partial charge in [0.2, 0.25) is 5.91 Å². The van der Waals surface area contributed by atoms with E-state index in [1.807, 2.05) is 0 Å². The van der Waals surface area contributed by atoms with E-state index in [0.29, 0.717) is 11.3 Å². The third-order valence-electron chi connectivity index (χ3n) is 2.84. The molecule has 0 heterocycles. The molecule has 3 nitrogen and oxygen atoms in total. The van der Waals surface area contributed by atoms with Gasteiger partial charge in [-0.25, -0.2) is 8.78 Å². The Kier molecular flexibility index (Phi) is 4.90. The number of carbonyl (C=O) groups is 1. The van der Waals surface area contributed by atoms with E-state index < -0.39 is 17.5 Å². The number of halogens is 3. The van der Waals surface area contributed by atoms with Crippen molar-refractivity contribution in [3.63, 3.8) is 0 Å². The zero-order chi connectivity index (χ0) is 15.4. The molecule has 0 fully saturated rings. The van der Waals surface area contributed by atoms with Gasteiger partial charge >= 0.3 is 0 Å². The van der Waals surface area contributed by atoms with Gasteiger partial charge in [-0.05, 0) is 42.8 Å². The van der Waals surface area contributed by atoms with Crippen molar-refractivity contribution >= 4 is 33.2 Å². The molecule has 0 bridgehead atoms. The maximum absolute atomic E-state index is 13.7. The quantitative estimate of drug-likeness (QED) is 0.868. The summed E-state index contributed by atoms with van der Waals surface area (Å²) in [5.74, 6) is -1.81. The average molecular weight is 355 g/mol. The summed E-state index contributed by atoms with van der Waals surface area (Å²) in [6, 6.07) is 9.50. The summed E-state index contributed by atoms with van der Waals surface area (Å²) in [7, 11) is 0. The molecule has 21 heavy (non-hydrogen) atoms. The van der Waals surface area contributed by atoms with E-state index in [0.717, 1.165) is 10.5 Å². The predicted octanol–water partition coefficient (Wildman–Crippen LogP) is 4.09. The van der Waals surface area contributed by atoms with Crippen LogP contribution in [-0.4, -0.2) is 12.5 Å². The number of carbonyl (C=O) groups excluding carboxylic acids is 1. The van der Waals surface area contributed by atoms with Crippen LogP contribution < -0.4 is 10.6 Å². The van der Waals surface area contributed by atoms with Crippen LogP contribution in [0.2, 0.25) is 0 Å². The summed E-state index contributed by atoms with van der Waals surface area (Å²) in [6.07, 6.45) is 0. The molecule has 0 atom stereocenters. The van der Waals surface area contributed by atoms with Crippen LogP contribution in [0.4, 0.5) is 20.2 Å². The van der Waals surface area contributed by atoms with E-state index >= 15 is 0 Å². The Morgan fingerprint density at radius 1 is 1.14 bits per heavy atom. The van der Waals surface area contributed by atoms with Gasteiger partial charge in [0.1, 0.15) is 11.5 Å². The summed E-state index contributed by atoms with van der Waals surface area (Å²) in [6.45, 7) is 1.30. The number of benzene rings is 2. The second-order valence-corrected chi connectivity index (χ2v) is 5.38. The Morgan fingerprint density at radius 2 is 1.81 bits per heavy atom. The highest BCUT2D eigenvalue weighted by molar-refractivity contribution is 9.10. The second-order valence-electron chi connectivity index (χ2n) is 4.46. The SMILES string of the molecule is Cc1ccc(F)c(NCC(=O)Nc2ccc(Br)cc2)c1F. The fourth-order valence-electron chi connectivity index (χ4n) is 1.73. The third kappa shape index (κ3) is 4.01. The molecule has 0 aliphatic carbocycles. The van der Waals surface area contributed by atoms with Crippen LogP contribution in [0.1, 0.15) is 5.56 Å². The van der Waals surface area contributed by atoms with Gasteiger partial charge < -0.3 is 10.6 Å². The van der Waals surface area contributed by atoms with Gasteiger partial charge in [-0.1, -0.05) is 22.0 Å². The lowest BCUT2D eigenvalue weighted by atomic mass is 10.2. The molecule has 110 valence electrons. The van der Waals surface area contributed by atoms with E-state index in [2.05, 4.69) is 26.6 Å². The van der Waals surface area contributed by atoms with Crippen molar-refractivity contribution in [2.75, 3.05) is 17.2 Å². The summed E-state index contributed by atoms with van der Waals surface area (Å²) < 4.78 is 28.1. The molecule has 0 aromatic heterocycles. The minimum absolute atomic E-state index is 0.229. The highest BCUT2D eigenvalue weighted by atomic mass is 79.9. The fraction of sp³-hybridized carbons (Fsp3) is 0.133. The fourth-order valence-corrected chi connectivity index (χ4v) is 1.99. The highest BCUT2D eigenvalue weighted by Crippen LogP contribution is 2.21. The summed E-state index contributed by atoms with van der Waals surface area (Å²) in [4.78, 5) is 11.7. The number of hydrogen-bond donors (Lipinski definition) is 2. The van der Waals surface area contributed by atoms with Gasteiger partial charge in [-0.2, -0.15) is 0 Å². The largest absolute Gasteiger partial charge is 0.371 e. The van der Waals surface area contributed by atoms with Gasteiger partial charge in [0.15, 0.2) is 5.82 Å². The number of hydrogen-bond acceptors (Lipinski definition) is 2. The molecule has 1 amide bonds. The van der Waals surface area contributed by atoms with Crippen LogP contribution in [0.15, 0.2) is 40.9 Å². The molecule has 0 radical (unpaired) electrons. The minimum atomic E-state index is -0.727. The topological polar surface area (TPSA) is 41.1 Å². The molecule has 0 spiro atoms. The lowest BCUT2D eigenvalue weighted by Gasteiger charge is -2.10. The van der Waals surface area contributed by atoms with Crippen LogP contribution >= 0.6 is 15.9 Å². The van der Waals surface area contributed by atoms with Crippen LogP contribution in [0, 0.1) is 18.6 Å². The van der Waals surface area contributed by atoms with E-state index in [1.165, 1.54) is 13.0 Å². The lowest BCUT2D eigenvalue weighted by Crippen LogP contribution is -2.22. The third-order valence-corrected chi connectivity index (χ3v) is 3.37. The second kappa shape index (κ2) is 6.67. The van der Waals surface area contributed by atoms with E-state index in [-0.39, 0.29) is 12.2 Å². The van der Waals surface area contributed by atoms with E-state index in [4.69, 9.17) is 0 Å². The van der Waals surface area contributed by atoms with Gasteiger partial charge in [0, 0.05) is 10.2 Å². The van der Waals surface area contributed by atoms with Crippen molar-refractivity contribution < 1.29 is 13.6 Å². The Bertz CT molecular complexity index is 659. The average Bonchev–Trinajstić information content (AvgIpc) is 2.45. The molecular formula is C15H13BrF2N2O. The van der Waals surface area contributed by atoms with Crippen LogP contribution in [0.25, 0.3) is 0 Å². The molecule has 0 aliphatic heterocycles. The van der Waals surface area contributed by atoms with Gasteiger partial charge in [0.25, 0.3) is 0 Å². The van der Waals surface area contributed by atoms with Crippen molar-refractivity contribution in [1.82, 2.24) is 0 Å². The number of aryl methyl sites for hydroxylation is 1. The molecule has 2 aromatic carbocycles. The number of rotatable bonds is 4. The number of amides is 1. The van der Waals surface area contributed by atoms with Crippen LogP contribution in [-0.2, 0) is 4.79 Å². The van der Waals surface area contributed by atoms with Crippen molar-refractivity contribution in [3.8, 4) is 0 Å². The summed E-state index contributed by atoms with van der Waals surface area (Å²) in [5.41, 5.74) is 0.628. The van der Waals surface area contributed by atoms with Gasteiger partial charge in [-0.15, -0.1) is 0 Å². The van der Waals surface area contributed by atoms with Crippen molar-refractivity contribution in [2.45, 2.75) is 6.92 Å². The molecule has 6 heteroatoms. The lowest BCUT2D eigenvalue weighted by molar-refractivity contribution is -0.114. The molecule has 2 N–H and O–H groups in total. The Morgan fingerprint density at radius 3 is 2.48 bits per heavy atom. The van der Waals surface area contributed by atoms with Crippen LogP contribution in [0.3, 0.4) is 0 Å². The Labute approximate surface area is 129 Å². The molecular weight excluding hydrogens is 342 g/mol. The minimum Gasteiger partial charge on any atom is -0.371 e. The monoisotopic (exact) mass is 354 g/mol. The smallest absolute Gasteiger partial charge is 0.243 e. The maximum Gasteiger partial charge on any atom is 0.243 e. The normalized spacial score (nSPS) is 10.3. The number of nitrogens with one attached hydrogen (secondary N) is 2. The first-order valence-electron chi connectivity index (χ1n) is 6.21. The van der Waals surface area contributed by atoms with Crippen LogP contribution in [0.5, 0.6) is 0 Å². The summed E-state index contributed by atoms with van der Waals surface area (Å²) >= 11 is 3.29. The standard InChI is InChI=1S/C15H13BrF2N2O/c1-9-2-7-12(17)15(14(9)18)19-8-13(21)20-11-5-3-10(16)4-6-11/h2-7,19H,8H2,1H3,(H,20,21). The van der Waals surface area contributed by atoms with E-state index in [9.17, 15) is 13.6 Å². The summed E-state index contributed by atoms with van der Waals surface area (Å²) in [5, 5.41) is 5.11. The predicted molar refractivity (Wildman–Crippen MR) is 82.4 cm³/mol. The van der Waals surface area contributed by atoms with Crippen molar-refractivity contribution in [2.24, 2.45) is 0 Å².